The third-order valence-electron chi connectivity index (χ3n) is 2.87. The predicted octanol–water partition coefficient (Wildman–Crippen LogP) is 1.62. The normalized spacial score (nSPS) is 11.1. The standard InChI is InChI=1S/C13H11FN4O/c1-8-16-12-11(13(19)17-8)6-15-18(12)7-9-2-4-10(14)5-3-9/h2-6H,7H2,1H3,(H,16,17,19). The predicted molar refractivity (Wildman–Crippen MR) is 68.4 cm³/mol. The Bertz CT molecular complexity index is 789. The van der Waals surface area contributed by atoms with E-state index in [9.17, 15) is 9.18 Å². The first-order valence-electron chi connectivity index (χ1n) is 5.80. The molecule has 0 aliphatic rings. The van der Waals surface area contributed by atoms with E-state index in [4.69, 9.17) is 0 Å². The van der Waals surface area contributed by atoms with Crippen molar-refractivity contribution in [2.75, 3.05) is 0 Å². The van der Waals surface area contributed by atoms with Crippen LogP contribution < -0.4 is 5.56 Å². The minimum Gasteiger partial charge on any atom is -0.310 e. The van der Waals surface area contributed by atoms with Gasteiger partial charge in [-0.15, -0.1) is 0 Å². The molecule has 0 aliphatic carbocycles. The van der Waals surface area contributed by atoms with Crippen molar-refractivity contribution >= 4 is 11.0 Å². The highest BCUT2D eigenvalue weighted by Crippen LogP contribution is 2.10. The highest BCUT2D eigenvalue weighted by molar-refractivity contribution is 5.73. The van der Waals surface area contributed by atoms with Gasteiger partial charge < -0.3 is 4.98 Å². The van der Waals surface area contributed by atoms with Gasteiger partial charge in [0, 0.05) is 0 Å². The zero-order valence-electron chi connectivity index (χ0n) is 10.2. The van der Waals surface area contributed by atoms with Crippen LogP contribution in [0.5, 0.6) is 0 Å². The summed E-state index contributed by atoms with van der Waals surface area (Å²) in [5.74, 6) is 0.262. The van der Waals surface area contributed by atoms with Crippen molar-refractivity contribution in [2.24, 2.45) is 0 Å². The zero-order chi connectivity index (χ0) is 13.4. The summed E-state index contributed by atoms with van der Waals surface area (Å²) in [6, 6.07) is 6.16. The molecule has 0 spiro atoms. The maximum atomic E-state index is 12.8. The van der Waals surface area contributed by atoms with Crippen molar-refractivity contribution in [3.63, 3.8) is 0 Å². The molecule has 3 aromatic rings. The molecule has 1 aromatic carbocycles. The summed E-state index contributed by atoms with van der Waals surface area (Å²) < 4.78 is 14.5. The Hall–Kier alpha value is -2.50. The molecule has 2 heterocycles. The summed E-state index contributed by atoms with van der Waals surface area (Å²) in [5.41, 5.74) is 1.23. The van der Waals surface area contributed by atoms with E-state index in [2.05, 4.69) is 15.1 Å². The van der Waals surface area contributed by atoms with Crippen molar-refractivity contribution in [1.29, 1.82) is 0 Å². The summed E-state index contributed by atoms with van der Waals surface area (Å²) in [4.78, 5) is 18.6. The number of hydrogen-bond acceptors (Lipinski definition) is 3. The van der Waals surface area contributed by atoms with Gasteiger partial charge in [0.1, 0.15) is 17.0 Å². The minimum absolute atomic E-state index is 0.201. The van der Waals surface area contributed by atoms with E-state index in [1.165, 1.54) is 18.3 Å². The summed E-state index contributed by atoms with van der Waals surface area (Å²) in [7, 11) is 0. The Morgan fingerprint density at radius 1 is 1.32 bits per heavy atom. The number of aryl methyl sites for hydroxylation is 1. The van der Waals surface area contributed by atoms with E-state index in [1.54, 1.807) is 23.7 Å². The van der Waals surface area contributed by atoms with Gasteiger partial charge in [-0.2, -0.15) is 5.10 Å². The first kappa shape index (κ1) is 11.6. The molecule has 1 N–H and O–H groups in total. The van der Waals surface area contributed by atoms with Gasteiger partial charge in [0.25, 0.3) is 5.56 Å². The molecule has 0 atom stereocenters. The molecule has 5 nitrogen and oxygen atoms in total. The molecule has 0 saturated carbocycles. The fourth-order valence-electron chi connectivity index (χ4n) is 1.95. The van der Waals surface area contributed by atoms with Crippen LogP contribution in [0, 0.1) is 12.7 Å². The smallest absolute Gasteiger partial charge is 0.262 e. The highest BCUT2D eigenvalue weighted by atomic mass is 19.1. The summed E-state index contributed by atoms with van der Waals surface area (Å²) in [5, 5.41) is 4.61. The van der Waals surface area contributed by atoms with E-state index in [0.717, 1.165) is 5.56 Å². The second-order valence-corrected chi connectivity index (χ2v) is 4.32. The Balaban J connectivity index is 2.06. The largest absolute Gasteiger partial charge is 0.310 e. The van der Waals surface area contributed by atoms with Gasteiger partial charge >= 0.3 is 0 Å². The fourth-order valence-corrected chi connectivity index (χ4v) is 1.95. The molecular weight excluding hydrogens is 247 g/mol. The number of nitrogens with zero attached hydrogens (tertiary/aromatic N) is 3. The van der Waals surface area contributed by atoms with Gasteiger partial charge in [-0.3, -0.25) is 4.79 Å². The lowest BCUT2D eigenvalue weighted by Gasteiger charge is -2.03. The van der Waals surface area contributed by atoms with Gasteiger partial charge in [0.2, 0.25) is 0 Å². The summed E-state index contributed by atoms with van der Waals surface area (Å²) >= 11 is 0. The van der Waals surface area contributed by atoms with Crippen LogP contribution in [0.4, 0.5) is 4.39 Å². The van der Waals surface area contributed by atoms with Crippen molar-refractivity contribution in [2.45, 2.75) is 13.5 Å². The van der Waals surface area contributed by atoms with Crippen molar-refractivity contribution in [1.82, 2.24) is 19.7 Å². The minimum atomic E-state index is -0.278. The number of fused-ring (bicyclic) bond motifs is 1. The van der Waals surface area contributed by atoms with Crippen LogP contribution in [0.1, 0.15) is 11.4 Å². The second kappa shape index (κ2) is 4.31. The van der Waals surface area contributed by atoms with Crippen LogP contribution >= 0.6 is 0 Å². The monoisotopic (exact) mass is 258 g/mol. The maximum absolute atomic E-state index is 12.8. The number of benzene rings is 1. The molecule has 19 heavy (non-hydrogen) atoms. The zero-order valence-corrected chi connectivity index (χ0v) is 10.2. The molecular formula is C13H11FN4O. The number of rotatable bonds is 2. The Labute approximate surface area is 107 Å². The Kier molecular flexibility index (Phi) is 2.63. The molecule has 0 amide bonds. The van der Waals surface area contributed by atoms with Gasteiger partial charge in [0.05, 0.1) is 12.7 Å². The molecule has 0 aliphatic heterocycles. The van der Waals surface area contributed by atoms with Crippen molar-refractivity contribution in [3.8, 4) is 0 Å². The van der Waals surface area contributed by atoms with E-state index >= 15 is 0 Å². The molecule has 0 bridgehead atoms. The molecule has 0 fully saturated rings. The van der Waals surface area contributed by atoms with E-state index < -0.39 is 0 Å². The lowest BCUT2D eigenvalue weighted by Crippen LogP contribution is -2.11. The quantitative estimate of drug-likeness (QED) is 0.759. The molecule has 0 radical (unpaired) electrons. The number of aromatic nitrogens is 4. The summed E-state index contributed by atoms with van der Waals surface area (Å²) in [6.45, 7) is 2.16. The average molecular weight is 258 g/mol. The van der Waals surface area contributed by atoms with Crippen molar-refractivity contribution < 1.29 is 4.39 Å². The number of halogens is 1. The molecule has 0 unspecified atom stereocenters. The number of hydrogen-bond donors (Lipinski definition) is 1. The van der Waals surface area contributed by atoms with Crippen molar-refractivity contribution in [3.05, 3.63) is 58.0 Å². The molecule has 0 saturated heterocycles. The first-order chi connectivity index (χ1) is 9.13. The lowest BCUT2D eigenvalue weighted by molar-refractivity contribution is 0.625. The molecule has 3 rings (SSSR count). The van der Waals surface area contributed by atoms with Crippen LogP contribution in [0.2, 0.25) is 0 Å². The number of H-pyrrole nitrogens is 1. The van der Waals surface area contributed by atoms with Gasteiger partial charge in [-0.1, -0.05) is 12.1 Å². The average Bonchev–Trinajstić information content (AvgIpc) is 2.76. The third-order valence-corrected chi connectivity index (χ3v) is 2.87. The van der Waals surface area contributed by atoms with E-state index in [0.29, 0.717) is 23.4 Å². The number of aromatic amines is 1. The SMILES string of the molecule is Cc1nc2c(cnn2Cc2ccc(F)cc2)c(=O)[nH]1. The van der Waals surface area contributed by atoms with Gasteiger partial charge in [-0.05, 0) is 24.6 Å². The fraction of sp³-hybridized carbons (Fsp3) is 0.154. The Morgan fingerprint density at radius 2 is 2.05 bits per heavy atom. The van der Waals surface area contributed by atoms with Gasteiger partial charge in [0.15, 0.2) is 5.65 Å². The van der Waals surface area contributed by atoms with Gasteiger partial charge in [-0.25, -0.2) is 14.1 Å². The van der Waals surface area contributed by atoms with E-state index in [-0.39, 0.29) is 11.4 Å². The topological polar surface area (TPSA) is 63.6 Å². The van der Waals surface area contributed by atoms with Crippen LogP contribution in [0.3, 0.4) is 0 Å². The highest BCUT2D eigenvalue weighted by Gasteiger charge is 2.08. The van der Waals surface area contributed by atoms with Crippen LogP contribution in [-0.4, -0.2) is 19.7 Å². The van der Waals surface area contributed by atoms with Crippen LogP contribution in [0.25, 0.3) is 11.0 Å². The molecule has 96 valence electrons. The Morgan fingerprint density at radius 3 is 2.79 bits per heavy atom. The number of nitrogens with one attached hydrogen (secondary N) is 1. The maximum Gasteiger partial charge on any atom is 0.262 e. The summed E-state index contributed by atoms with van der Waals surface area (Å²) in [6.07, 6.45) is 1.49. The van der Waals surface area contributed by atoms with Crippen LogP contribution in [-0.2, 0) is 6.54 Å². The van der Waals surface area contributed by atoms with E-state index in [1.807, 2.05) is 0 Å². The second-order valence-electron chi connectivity index (χ2n) is 4.32. The molecule has 6 heteroatoms. The van der Waals surface area contributed by atoms with Crippen LogP contribution in [0.15, 0.2) is 35.3 Å². The molecule has 2 aromatic heterocycles. The third kappa shape index (κ3) is 2.12. The first-order valence-corrected chi connectivity index (χ1v) is 5.80. The lowest BCUT2D eigenvalue weighted by atomic mass is 10.2.